The third kappa shape index (κ3) is 1.96. The number of phenols is 1. The van der Waals surface area contributed by atoms with E-state index >= 15 is 0 Å². The van der Waals surface area contributed by atoms with Gasteiger partial charge in [0.15, 0.2) is 11.5 Å². The van der Waals surface area contributed by atoms with Gasteiger partial charge in [0.1, 0.15) is 5.75 Å². The summed E-state index contributed by atoms with van der Waals surface area (Å²) >= 11 is 0. The van der Waals surface area contributed by atoms with E-state index in [0.717, 1.165) is 5.56 Å². The van der Waals surface area contributed by atoms with Gasteiger partial charge in [0.25, 0.3) is 0 Å². The topological polar surface area (TPSA) is 72.8 Å². The second-order valence-corrected chi connectivity index (χ2v) is 5.42. The van der Waals surface area contributed by atoms with Crippen LogP contribution < -0.4 is 0 Å². The normalized spacial score (nSPS) is 24.2. The summed E-state index contributed by atoms with van der Waals surface area (Å²) in [5.74, 6) is -1.02. The Balaban J connectivity index is 2.25. The van der Waals surface area contributed by atoms with Crippen molar-refractivity contribution in [2.24, 2.45) is 0 Å². The van der Waals surface area contributed by atoms with Gasteiger partial charge in [-0.15, -0.1) is 0 Å². The molecule has 5 nitrogen and oxygen atoms in total. The highest BCUT2D eigenvalue weighted by molar-refractivity contribution is 6.25. The molecular formula is C16H16O5. The van der Waals surface area contributed by atoms with Crippen LogP contribution in [0.5, 0.6) is 5.75 Å². The maximum atomic E-state index is 12.3. The number of ketones is 2. The molecule has 0 radical (unpaired) electrons. The van der Waals surface area contributed by atoms with Gasteiger partial charge in [0.05, 0.1) is 24.9 Å². The number of aromatic hydroxyl groups is 1. The number of hydrogen-bond acceptors (Lipinski definition) is 5. The Labute approximate surface area is 122 Å². The van der Waals surface area contributed by atoms with Crippen LogP contribution in [0.3, 0.4) is 0 Å². The first-order valence-corrected chi connectivity index (χ1v) is 6.83. The molecule has 1 aromatic rings. The number of carbonyl (C=O) groups is 2. The number of ether oxygens (including phenoxy) is 2. The minimum Gasteiger partial charge on any atom is -0.507 e. The molecule has 0 spiro atoms. The van der Waals surface area contributed by atoms with Crippen molar-refractivity contribution in [1.82, 2.24) is 0 Å². The number of Topliss-reactive ketones (excluding diaryl/α,β-unsaturated/α-hetero) is 1. The predicted octanol–water partition coefficient (Wildman–Crippen LogP) is 2.32. The van der Waals surface area contributed by atoms with E-state index in [9.17, 15) is 14.7 Å². The van der Waals surface area contributed by atoms with Gasteiger partial charge < -0.3 is 14.6 Å². The smallest absolute Gasteiger partial charge is 0.232 e. The molecule has 1 heterocycles. The molecule has 21 heavy (non-hydrogen) atoms. The highest BCUT2D eigenvalue weighted by Crippen LogP contribution is 2.42. The minimum absolute atomic E-state index is 0.00409. The number of phenolic OH excluding ortho intramolecular Hbond substituents is 1. The molecular weight excluding hydrogens is 272 g/mol. The van der Waals surface area contributed by atoms with E-state index in [1.807, 2.05) is 13.8 Å². The van der Waals surface area contributed by atoms with Crippen LogP contribution in [0.2, 0.25) is 0 Å². The lowest BCUT2D eigenvalue weighted by Gasteiger charge is -2.30. The fourth-order valence-electron chi connectivity index (χ4n) is 3.10. The van der Waals surface area contributed by atoms with Crippen molar-refractivity contribution in [3.8, 4) is 5.75 Å². The summed E-state index contributed by atoms with van der Waals surface area (Å²) in [6, 6.07) is 1.70. The van der Waals surface area contributed by atoms with Crippen LogP contribution in [-0.2, 0) is 15.9 Å². The Hall–Kier alpha value is -2.14. The molecule has 3 rings (SSSR count). The number of fused-ring (bicyclic) bond motifs is 2. The minimum atomic E-state index is -0.474. The number of rotatable bonds is 1. The number of hydrogen-bond donors (Lipinski definition) is 1. The van der Waals surface area contributed by atoms with E-state index in [4.69, 9.17) is 9.47 Å². The molecule has 2 aliphatic rings. The van der Waals surface area contributed by atoms with E-state index in [1.165, 1.54) is 13.2 Å². The van der Waals surface area contributed by atoms with Crippen LogP contribution in [0.1, 0.15) is 51.8 Å². The van der Waals surface area contributed by atoms with Gasteiger partial charge in [0.2, 0.25) is 5.78 Å². The van der Waals surface area contributed by atoms with Gasteiger partial charge in [-0.2, -0.15) is 0 Å². The van der Waals surface area contributed by atoms with Crippen LogP contribution in [0.4, 0.5) is 0 Å². The molecule has 5 heteroatoms. The Morgan fingerprint density at radius 2 is 2.05 bits per heavy atom. The molecule has 0 saturated heterocycles. The van der Waals surface area contributed by atoms with Crippen LogP contribution in [0.15, 0.2) is 17.9 Å². The summed E-state index contributed by atoms with van der Waals surface area (Å²) in [7, 11) is 1.32. The van der Waals surface area contributed by atoms with Crippen LogP contribution >= 0.6 is 0 Å². The Bertz CT molecular complexity index is 686. The van der Waals surface area contributed by atoms with Gasteiger partial charge in [-0.25, -0.2) is 0 Å². The number of methoxy groups -OCH3 is 1. The number of benzene rings is 1. The quantitative estimate of drug-likeness (QED) is 0.858. The van der Waals surface area contributed by atoms with Gasteiger partial charge >= 0.3 is 0 Å². The lowest BCUT2D eigenvalue weighted by atomic mass is 9.84. The average Bonchev–Trinajstić information content (AvgIpc) is 2.41. The lowest BCUT2D eigenvalue weighted by Crippen LogP contribution is -2.26. The molecule has 1 aromatic carbocycles. The van der Waals surface area contributed by atoms with E-state index in [2.05, 4.69) is 0 Å². The lowest BCUT2D eigenvalue weighted by molar-refractivity contribution is -0.00609. The largest absolute Gasteiger partial charge is 0.507 e. The van der Waals surface area contributed by atoms with Crippen molar-refractivity contribution in [2.45, 2.75) is 32.5 Å². The molecule has 2 atom stereocenters. The van der Waals surface area contributed by atoms with Gasteiger partial charge in [-0.1, -0.05) is 0 Å². The van der Waals surface area contributed by atoms with E-state index in [1.54, 1.807) is 6.07 Å². The molecule has 1 aliphatic carbocycles. The second-order valence-electron chi connectivity index (χ2n) is 5.42. The zero-order valence-electron chi connectivity index (χ0n) is 12.1. The van der Waals surface area contributed by atoms with Crippen LogP contribution in [0.25, 0.3) is 0 Å². The van der Waals surface area contributed by atoms with E-state index < -0.39 is 5.78 Å². The highest BCUT2D eigenvalue weighted by atomic mass is 16.5. The van der Waals surface area contributed by atoms with E-state index in [0.29, 0.717) is 12.0 Å². The van der Waals surface area contributed by atoms with Gasteiger partial charge in [-0.3, -0.25) is 9.59 Å². The summed E-state index contributed by atoms with van der Waals surface area (Å²) in [5.41, 5.74) is 1.69. The first kappa shape index (κ1) is 13.8. The van der Waals surface area contributed by atoms with Crippen LogP contribution in [0, 0.1) is 0 Å². The number of allylic oxidation sites excluding steroid dienone is 2. The highest BCUT2D eigenvalue weighted by Gasteiger charge is 2.35. The molecule has 110 valence electrons. The number of carbonyl (C=O) groups excluding carboxylic acids is 2. The standard InChI is InChI=1S/C16H16O5/c1-7-4-9-5-10-11(17)6-12(20-3)15(18)14(10)16(19)13(9)8(2)21-7/h5-8,19H,4H2,1-3H3/t7-,8+/m0/s1. The Morgan fingerprint density at radius 1 is 1.33 bits per heavy atom. The summed E-state index contributed by atoms with van der Waals surface area (Å²) in [6.07, 6.45) is 1.45. The SMILES string of the molecule is COC1=CC(=O)c2cc3c(c(O)c2C1=O)[C@@H](C)O[C@@H](C)C3. The molecule has 0 bridgehead atoms. The van der Waals surface area contributed by atoms with Crippen molar-refractivity contribution in [2.75, 3.05) is 7.11 Å². The maximum absolute atomic E-state index is 12.3. The van der Waals surface area contributed by atoms with E-state index in [-0.39, 0.29) is 40.6 Å². The zero-order valence-corrected chi connectivity index (χ0v) is 12.1. The summed E-state index contributed by atoms with van der Waals surface area (Å²) in [5, 5.41) is 10.5. The fraction of sp³-hybridized carbons (Fsp3) is 0.375. The van der Waals surface area contributed by atoms with Crippen molar-refractivity contribution in [3.05, 3.63) is 40.2 Å². The Kier molecular flexibility index (Phi) is 3.10. The molecule has 1 aliphatic heterocycles. The summed E-state index contributed by atoms with van der Waals surface area (Å²) < 4.78 is 10.6. The maximum Gasteiger partial charge on any atom is 0.232 e. The molecule has 0 saturated carbocycles. The molecule has 0 amide bonds. The zero-order chi connectivity index (χ0) is 15.3. The van der Waals surface area contributed by atoms with Crippen molar-refractivity contribution in [3.63, 3.8) is 0 Å². The van der Waals surface area contributed by atoms with Gasteiger partial charge in [0, 0.05) is 17.2 Å². The summed E-state index contributed by atoms with van der Waals surface area (Å²) in [4.78, 5) is 24.5. The summed E-state index contributed by atoms with van der Waals surface area (Å²) in [6.45, 7) is 3.76. The second kappa shape index (κ2) is 4.70. The molecule has 1 N–H and O–H groups in total. The third-order valence-corrected chi connectivity index (χ3v) is 3.97. The molecule has 0 fully saturated rings. The monoisotopic (exact) mass is 288 g/mol. The first-order chi connectivity index (χ1) is 9.93. The van der Waals surface area contributed by atoms with Crippen molar-refractivity contribution in [1.29, 1.82) is 0 Å². The Morgan fingerprint density at radius 3 is 2.71 bits per heavy atom. The van der Waals surface area contributed by atoms with Crippen molar-refractivity contribution >= 4 is 11.6 Å². The molecule has 0 aromatic heterocycles. The molecule has 0 unspecified atom stereocenters. The average molecular weight is 288 g/mol. The predicted molar refractivity (Wildman–Crippen MR) is 74.5 cm³/mol. The first-order valence-electron chi connectivity index (χ1n) is 6.83. The van der Waals surface area contributed by atoms with Crippen LogP contribution in [-0.4, -0.2) is 29.9 Å². The fourth-order valence-corrected chi connectivity index (χ4v) is 3.10. The third-order valence-electron chi connectivity index (χ3n) is 3.97. The van der Waals surface area contributed by atoms with Gasteiger partial charge in [-0.05, 0) is 31.9 Å². The van der Waals surface area contributed by atoms with Crippen molar-refractivity contribution < 1.29 is 24.2 Å².